The molecule has 8 nitrogen and oxygen atoms in total. The first kappa shape index (κ1) is 17.6. The molecule has 27 heavy (non-hydrogen) atoms. The second-order valence-electron chi connectivity index (χ2n) is 6.91. The van der Waals surface area contributed by atoms with E-state index in [1.807, 2.05) is 50.8 Å². The summed E-state index contributed by atoms with van der Waals surface area (Å²) < 4.78 is 7.41. The summed E-state index contributed by atoms with van der Waals surface area (Å²) in [7, 11) is 3.92. The first-order chi connectivity index (χ1) is 13.1. The predicted molar refractivity (Wildman–Crippen MR) is 102 cm³/mol. The number of benzene rings is 1. The van der Waals surface area contributed by atoms with Gasteiger partial charge in [-0.25, -0.2) is 0 Å². The number of hydrogen-bond donors (Lipinski definition) is 1. The first-order valence-electron chi connectivity index (χ1n) is 8.93. The summed E-state index contributed by atoms with van der Waals surface area (Å²) >= 11 is 0. The number of rotatable bonds is 4. The number of carbonyl (C=O) groups excluding carboxylic acids is 1. The smallest absolute Gasteiger partial charge is 0.228 e. The quantitative estimate of drug-likeness (QED) is 0.756. The average Bonchev–Trinajstić information content (AvgIpc) is 3.07. The number of amides is 1. The van der Waals surface area contributed by atoms with Crippen molar-refractivity contribution in [2.45, 2.75) is 12.5 Å². The van der Waals surface area contributed by atoms with Gasteiger partial charge >= 0.3 is 0 Å². The fourth-order valence-electron chi connectivity index (χ4n) is 3.25. The summed E-state index contributed by atoms with van der Waals surface area (Å²) in [6.07, 6.45) is 3.99. The summed E-state index contributed by atoms with van der Waals surface area (Å²) in [5.74, 6) is 0.326. The van der Waals surface area contributed by atoms with Crippen LogP contribution >= 0.6 is 0 Å². The van der Waals surface area contributed by atoms with Gasteiger partial charge in [0.2, 0.25) is 5.91 Å². The number of nitrogens with one attached hydrogen (secondary N) is 1. The molecule has 1 fully saturated rings. The Morgan fingerprint density at radius 1 is 1.26 bits per heavy atom. The molecule has 1 aliphatic heterocycles. The van der Waals surface area contributed by atoms with E-state index in [1.165, 1.54) is 0 Å². The molecule has 0 aliphatic carbocycles. The van der Waals surface area contributed by atoms with E-state index < -0.39 is 0 Å². The largest absolute Gasteiger partial charge is 0.375 e. The fraction of sp³-hybridized carbons (Fsp3) is 0.368. The van der Waals surface area contributed by atoms with E-state index in [0.29, 0.717) is 18.8 Å². The highest BCUT2D eigenvalue weighted by Crippen LogP contribution is 2.24. The first-order valence-corrected chi connectivity index (χ1v) is 8.93. The summed E-state index contributed by atoms with van der Waals surface area (Å²) in [4.78, 5) is 14.5. The van der Waals surface area contributed by atoms with Crippen molar-refractivity contribution in [1.82, 2.24) is 24.9 Å². The number of nitrogens with zero attached hydrogens (tertiary/aromatic N) is 5. The fourth-order valence-corrected chi connectivity index (χ4v) is 3.25. The number of likely N-dealkylation sites (N-methyl/N-ethyl adjacent to an activating group) is 1. The van der Waals surface area contributed by atoms with Crippen molar-refractivity contribution in [2.75, 3.05) is 32.1 Å². The van der Waals surface area contributed by atoms with Gasteiger partial charge in [0.05, 0.1) is 30.8 Å². The van der Waals surface area contributed by atoms with Crippen LogP contribution in [0.2, 0.25) is 0 Å². The van der Waals surface area contributed by atoms with Crippen molar-refractivity contribution in [3.8, 4) is 11.1 Å². The van der Waals surface area contributed by atoms with Crippen LogP contribution in [0.15, 0.2) is 36.7 Å². The van der Waals surface area contributed by atoms with Gasteiger partial charge in [0.15, 0.2) is 5.82 Å². The highest BCUT2D eigenvalue weighted by atomic mass is 16.5. The van der Waals surface area contributed by atoms with E-state index in [0.717, 1.165) is 35.1 Å². The van der Waals surface area contributed by atoms with Gasteiger partial charge in [-0.3, -0.25) is 9.48 Å². The molecule has 1 saturated heterocycles. The lowest BCUT2D eigenvalue weighted by Crippen LogP contribution is -2.41. The molecular formula is C19H22N6O2. The summed E-state index contributed by atoms with van der Waals surface area (Å²) in [5.41, 5.74) is 2.85. The van der Waals surface area contributed by atoms with Crippen LogP contribution in [-0.2, 0) is 16.6 Å². The van der Waals surface area contributed by atoms with Gasteiger partial charge in [-0.05, 0) is 30.8 Å². The molecule has 2 aromatic heterocycles. The van der Waals surface area contributed by atoms with Crippen LogP contribution in [0.3, 0.4) is 0 Å². The maximum Gasteiger partial charge on any atom is 0.228 e. The normalized spacial score (nSPS) is 17.9. The number of carbonyl (C=O) groups is 1. The lowest BCUT2D eigenvalue weighted by molar-refractivity contribution is -0.120. The highest BCUT2D eigenvalue weighted by molar-refractivity contribution is 5.93. The molecule has 0 radical (unpaired) electrons. The average molecular weight is 366 g/mol. The molecule has 1 aliphatic rings. The number of hydrogen-bond acceptors (Lipinski definition) is 6. The van der Waals surface area contributed by atoms with E-state index >= 15 is 0 Å². The molecule has 3 heterocycles. The molecule has 1 unspecified atom stereocenters. The topological polar surface area (TPSA) is 85.2 Å². The standard InChI is InChI=1S/C19H22N6O2/c1-24-5-6-27-16(12-24)9-19(26)21-18-8-14-7-13(3-4-17(14)22-23-18)15-10-20-25(2)11-15/h3-4,7-8,10-11,16H,5-6,9,12H2,1-2H3,(H,21,23,26). The third-order valence-electron chi connectivity index (χ3n) is 4.65. The van der Waals surface area contributed by atoms with E-state index in [2.05, 4.69) is 25.5 Å². The van der Waals surface area contributed by atoms with E-state index in [-0.39, 0.29) is 12.0 Å². The Kier molecular flexibility index (Phi) is 4.83. The molecule has 4 rings (SSSR count). The highest BCUT2D eigenvalue weighted by Gasteiger charge is 2.21. The number of morpholine rings is 1. The van der Waals surface area contributed by atoms with E-state index in [1.54, 1.807) is 4.68 Å². The molecule has 8 heteroatoms. The van der Waals surface area contributed by atoms with Crippen LogP contribution in [0.5, 0.6) is 0 Å². The minimum absolute atomic E-state index is 0.0886. The summed E-state index contributed by atoms with van der Waals surface area (Å²) in [6, 6.07) is 7.77. The van der Waals surface area contributed by atoms with Crippen molar-refractivity contribution >= 4 is 22.6 Å². The van der Waals surface area contributed by atoms with E-state index in [4.69, 9.17) is 4.74 Å². The van der Waals surface area contributed by atoms with Gasteiger partial charge in [-0.15, -0.1) is 10.2 Å². The van der Waals surface area contributed by atoms with Gasteiger partial charge in [0, 0.05) is 37.3 Å². The molecule has 0 bridgehead atoms. The van der Waals surface area contributed by atoms with Crippen molar-refractivity contribution in [2.24, 2.45) is 7.05 Å². The third kappa shape index (κ3) is 4.12. The molecular weight excluding hydrogens is 344 g/mol. The number of aromatic nitrogens is 4. The summed E-state index contributed by atoms with van der Waals surface area (Å²) in [5, 5.41) is 16.3. The van der Waals surface area contributed by atoms with Gasteiger partial charge in [-0.1, -0.05) is 6.07 Å². The Morgan fingerprint density at radius 2 is 2.15 bits per heavy atom. The zero-order valence-electron chi connectivity index (χ0n) is 15.4. The van der Waals surface area contributed by atoms with Crippen molar-refractivity contribution in [3.63, 3.8) is 0 Å². The summed E-state index contributed by atoms with van der Waals surface area (Å²) in [6.45, 7) is 2.31. The Bertz CT molecular complexity index is 970. The molecule has 1 N–H and O–H groups in total. The molecule has 1 aromatic carbocycles. The Labute approximate surface area is 157 Å². The van der Waals surface area contributed by atoms with Crippen molar-refractivity contribution < 1.29 is 9.53 Å². The Morgan fingerprint density at radius 3 is 2.93 bits per heavy atom. The predicted octanol–water partition coefficient (Wildman–Crippen LogP) is 1.69. The Hall–Kier alpha value is -2.84. The monoisotopic (exact) mass is 366 g/mol. The van der Waals surface area contributed by atoms with Crippen LogP contribution in [0, 0.1) is 0 Å². The second kappa shape index (κ2) is 7.42. The van der Waals surface area contributed by atoms with E-state index in [9.17, 15) is 4.79 Å². The molecule has 0 saturated carbocycles. The molecule has 140 valence electrons. The number of fused-ring (bicyclic) bond motifs is 1. The van der Waals surface area contributed by atoms with Crippen LogP contribution < -0.4 is 5.32 Å². The van der Waals surface area contributed by atoms with Crippen LogP contribution in [0.25, 0.3) is 22.0 Å². The van der Waals surface area contributed by atoms with Gasteiger partial charge < -0.3 is 15.0 Å². The van der Waals surface area contributed by atoms with Crippen LogP contribution in [-0.4, -0.2) is 63.6 Å². The Balaban J connectivity index is 1.49. The zero-order valence-corrected chi connectivity index (χ0v) is 15.4. The molecule has 1 amide bonds. The minimum atomic E-state index is -0.118. The van der Waals surface area contributed by atoms with Crippen LogP contribution in [0.4, 0.5) is 5.82 Å². The lowest BCUT2D eigenvalue weighted by Gasteiger charge is -2.29. The van der Waals surface area contributed by atoms with Gasteiger partial charge in [-0.2, -0.15) is 5.10 Å². The SMILES string of the molecule is CN1CCOC(CC(=O)Nc2cc3cc(-c4cnn(C)c4)ccc3nn2)C1. The number of ether oxygens (including phenoxy) is 1. The van der Waals surface area contributed by atoms with Crippen molar-refractivity contribution in [1.29, 1.82) is 0 Å². The van der Waals surface area contributed by atoms with Crippen molar-refractivity contribution in [3.05, 3.63) is 36.7 Å². The molecule has 1 atom stereocenters. The molecule has 3 aromatic rings. The maximum absolute atomic E-state index is 12.3. The van der Waals surface area contributed by atoms with Gasteiger partial charge in [0.1, 0.15) is 0 Å². The number of anilines is 1. The second-order valence-corrected chi connectivity index (χ2v) is 6.91. The number of aryl methyl sites for hydroxylation is 1. The van der Waals surface area contributed by atoms with Gasteiger partial charge in [0.25, 0.3) is 0 Å². The lowest BCUT2D eigenvalue weighted by atomic mass is 10.1. The molecule has 0 spiro atoms. The van der Waals surface area contributed by atoms with Crippen LogP contribution in [0.1, 0.15) is 6.42 Å². The third-order valence-corrected chi connectivity index (χ3v) is 4.65. The maximum atomic E-state index is 12.3. The minimum Gasteiger partial charge on any atom is -0.375 e. The zero-order chi connectivity index (χ0) is 18.8.